The standard InChI is InChI=1S/C15H19N3O/c1-5-14-13(10-19)16-17-18(14)12-8-6-11(7-9-12)15(2,3)4/h6-10H,5H2,1-4H3. The van der Waals surface area contributed by atoms with Gasteiger partial charge in [-0.05, 0) is 29.5 Å². The van der Waals surface area contributed by atoms with Crippen LogP contribution in [0.15, 0.2) is 24.3 Å². The molecular formula is C15H19N3O. The van der Waals surface area contributed by atoms with Gasteiger partial charge in [-0.25, -0.2) is 4.68 Å². The second-order valence-electron chi connectivity index (χ2n) is 5.60. The van der Waals surface area contributed by atoms with Crippen LogP contribution < -0.4 is 0 Å². The van der Waals surface area contributed by atoms with Crippen molar-refractivity contribution in [2.24, 2.45) is 0 Å². The Balaban J connectivity index is 2.43. The largest absolute Gasteiger partial charge is 0.296 e. The first-order chi connectivity index (χ1) is 8.97. The van der Waals surface area contributed by atoms with Gasteiger partial charge in [0.05, 0.1) is 11.4 Å². The first-order valence-corrected chi connectivity index (χ1v) is 6.48. The van der Waals surface area contributed by atoms with Crippen LogP contribution in [-0.4, -0.2) is 21.3 Å². The molecule has 0 atom stereocenters. The summed E-state index contributed by atoms with van der Waals surface area (Å²) >= 11 is 0. The van der Waals surface area contributed by atoms with Gasteiger partial charge in [0.25, 0.3) is 0 Å². The number of nitrogens with zero attached hydrogens (tertiary/aromatic N) is 3. The van der Waals surface area contributed by atoms with Crippen molar-refractivity contribution in [2.45, 2.75) is 39.5 Å². The van der Waals surface area contributed by atoms with Crippen molar-refractivity contribution < 1.29 is 4.79 Å². The van der Waals surface area contributed by atoms with E-state index in [1.54, 1.807) is 4.68 Å². The highest BCUT2D eigenvalue weighted by molar-refractivity contribution is 5.73. The van der Waals surface area contributed by atoms with Crippen molar-refractivity contribution in [1.82, 2.24) is 15.0 Å². The molecule has 100 valence electrons. The minimum atomic E-state index is 0.127. The predicted molar refractivity (Wildman–Crippen MR) is 74.8 cm³/mol. The molecule has 0 amide bonds. The van der Waals surface area contributed by atoms with Crippen LogP contribution in [0.4, 0.5) is 0 Å². The Bertz CT molecular complexity index is 576. The van der Waals surface area contributed by atoms with Crippen molar-refractivity contribution in [2.75, 3.05) is 0 Å². The lowest BCUT2D eigenvalue weighted by Crippen LogP contribution is -2.11. The number of aromatic nitrogens is 3. The van der Waals surface area contributed by atoms with E-state index in [1.165, 1.54) is 5.56 Å². The van der Waals surface area contributed by atoms with Crippen LogP contribution in [0.3, 0.4) is 0 Å². The molecule has 0 fully saturated rings. The van der Waals surface area contributed by atoms with Gasteiger partial charge in [0.2, 0.25) is 0 Å². The molecule has 0 unspecified atom stereocenters. The van der Waals surface area contributed by atoms with Crippen molar-refractivity contribution >= 4 is 6.29 Å². The Morgan fingerprint density at radius 1 is 1.21 bits per heavy atom. The number of aldehydes is 1. The monoisotopic (exact) mass is 257 g/mol. The van der Waals surface area contributed by atoms with Gasteiger partial charge in [0.15, 0.2) is 6.29 Å². The van der Waals surface area contributed by atoms with Gasteiger partial charge in [-0.1, -0.05) is 45.0 Å². The molecule has 2 aromatic rings. The zero-order valence-electron chi connectivity index (χ0n) is 11.8. The van der Waals surface area contributed by atoms with Gasteiger partial charge in [0.1, 0.15) is 5.69 Å². The number of rotatable bonds is 3. The zero-order chi connectivity index (χ0) is 14.0. The molecule has 0 saturated heterocycles. The van der Waals surface area contributed by atoms with Crippen LogP contribution in [0.5, 0.6) is 0 Å². The van der Waals surface area contributed by atoms with Gasteiger partial charge >= 0.3 is 0 Å². The first-order valence-electron chi connectivity index (χ1n) is 6.48. The minimum Gasteiger partial charge on any atom is -0.296 e. The summed E-state index contributed by atoms with van der Waals surface area (Å²) < 4.78 is 1.73. The molecule has 0 aliphatic rings. The Labute approximate surface area is 113 Å². The lowest BCUT2D eigenvalue weighted by atomic mass is 9.87. The van der Waals surface area contributed by atoms with E-state index in [9.17, 15) is 4.79 Å². The molecule has 1 aromatic heterocycles. The average Bonchev–Trinajstić information content (AvgIpc) is 2.80. The summed E-state index contributed by atoms with van der Waals surface area (Å²) in [7, 11) is 0. The van der Waals surface area contributed by atoms with Crippen molar-refractivity contribution in [3.63, 3.8) is 0 Å². The summed E-state index contributed by atoms with van der Waals surface area (Å²) in [6.45, 7) is 8.53. The quantitative estimate of drug-likeness (QED) is 0.794. The van der Waals surface area contributed by atoms with Crippen LogP contribution in [0, 0.1) is 0 Å². The highest BCUT2D eigenvalue weighted by Gasteiger charge is 2.15. The fourth-order valence-corrected chi connectivity index (χ4v) is 2.05. The fraction of sp³-hybridized carbons (Fsp3) is 0.400. The molecule has 1 aromatic carbocycles. The first kappa shape index (κ1) is 13.5. The molecule has 0 bridgehead atoms. The van der Waals surface area contributed by atoms with Crippen LogP contribution in [0.2, 0.25) is 0 Å². The third-order valence-corrected chi connectivity index (χ3v) is 3.22. The van der Waals surface area contributed by atoms with Gasteiger partial charge in [-0.3, -0.25) is 4.79 Å². The van der Waals surface area contributed by atoms with Gasteiger partial charge in [-0.15, -0.1) is 5.10 Å². The van der Waals surface area contributed by atoms with Crippen LogP contribution in [-0.2, 0) is 11.8 Å². The van der Waals surface area contributed by atoms with E-state index in [-0.39, 0.29) is 5.41 Å². The Kier molecular flexibility index (Phi) is 3.51. The normalized spacial score (nSPS) is 11.6. The topological polar surface area (TPSA) is 47.8 Å². The van der Waals surface area contributed by atoms with Crippen molar-refractivity contribution in [3.8, 4) is 5.69 Å². The molecule has 2 rings (SSSR count). The summed E-state index contributed by atoms with van der Waals surface area (Å²) in [5, 5.41) is 7.95. The molecular weight excluding hydrogens is 238 g/mol. The lowest BCUT2D eigenvalue weighted by molar-refractivity contribution is 0.111. The molecule has 0 aliphatic heterocycles. The molecule has 1 heterocycles. The van der Waals surface area contributed by atoms with E-state index in [2.05, 4.69) is 43.2 Å². The number of hydrogen-bond donors (Lipinski definition) is 0. The molecule has 0 spiro atoms. The maximum Gasteiger partial charge on any atom is 0.172 e. The summed E-state index contributed by atoms with van der Waals surface area (Å²) in [5.41, 5.74) is 3.60. The number of carbonyl (C=O) groups excluding carboxylic acids is 1. The number of hydrogen-bond acceptors (Lipinski definition) is 3. The van der Waals surface area contributed by atoms with E-state index in [4.69, 9.17) is 0 Å². The second kappa shape index (κ2) is 4.96. The zero-order valence-corrected chi connectivity index (χ0v) is 11.8. The highest BCUT2D eigenvalue weighted by Crippen LogP contribution is 2.23. The van der Waals surface area contributed by atoms with Gasteiger partial charge in [0, 0.05) is 0 Å². The minimum absolute atomic E-state index is 0.127. The number of benzene rings is 1. The molecule has 0 aliphatic carbocycles. The maximum atomic E-state index is 10.9. The third kappa shape index (κ3) is 2.57. The fourth-order valence-electron chi connectivity index (χ4n) is 2.05. The average molecular weight is 257 g/mol. The third-order valence-electron chi connectivity index (χ3n) is 3.22. The molecule has 4 heteroatoms. The molecule has 0 radical (unpaired) electrons. The lowest BCUT2D eigenvalue weighted by Gasteiger charge is -2.19. The molecule has 19 heavy (non-hydrogen) atoms. The molecule has 4 nitrogen and oxygen atoms in total. The smallest absolute Gasteiger partial charge is 0.172 e. The van der Waals surface area contributed by atoms with E-state index in [0.29, 0.717) is 5.69 Å². The van der Waals surface area contributed by atoms with Crippen LogP contribution in [0.25, 0.3) is 5.69 Å². The van der Waals surface area contributed by atoms with E-state index in [0.717, 1.165) is 24.1 Å². The second-order valence-corrected chi connectivity index (χ2v) is 5.60. The SMILES string of the molecule is CCc1c(C=O)nnn1-c1ccc(C(C)(C)C)cc1. The van der Waals surface area contributed by atoms with Crippen LogP contribution in [0.1, 0.15) is 49.4 Å². The van der Waals surface area contributed by atoms with Gasteiger partial charge in [-0.2, -0.15) is 0 Å². The van der Waals surface area contributed by atoms with E-state index < -0.39 is 0 Å². The van der Waals surface area contributed by atoms with E-state index >= 15 is 0 Å². The predicted octanol–water partition coefficient (Wildman–Crippen LogP) is 2.94. The highest BCUT2D eigenvalue weighted by atomic mass is 16.1. The van der Waals surface area contributed by atoms with Crippen molar-refractivity contribution in [3.05, 3.63) is 41.2 Å². The maximum absolute atomic E-state index is 10.9. The molecule has 0 saturated carbocycles. The Morgan fingerprint density at radius 2 is 1.84 bits per heavy atom. The van der Waals surface area contributed by atoms with Crippen LogP contribution >= 0.6 is 0 Å². The summed E-state index contributed by atoms with van der Waals surface area (Å²) in [5.74, 6) is 0. The summed E-state index contributed by atoms with van der Waals surface area (Å²) in [6, 6.07) is 8.22. The number of carbonyl (C=O) groups is 1. The van der Waals surface area contributed by atoms with Gasteiger partial charge < -0.3 is 0 Å². The Hall–Kier alpha value is -1.97. The summed E-state index contributed by atoms with van der Waals surface area (Å²) in [4.78, 5) is 10.9. The Morgan fingerprint density at radius 3 is 2.32 bits per heavy atom. The molecule has 0 N–H and O–H groups in total. The van der Waals surface area contributed by atoms with E-state index in [1.807, 2.05) is 19.1 Å². The van der Waals surface area contributed by atoms with Crippen molar-refractivity contribution in [1.29, 1.82) is 0 Å². The summed E-state index contributed by atoms with van der Waals surface area (Å²) in [6.07, 6.45) is 1.48.